The van der Waals surface area contributed by atoms with Gasteiger partial charge in [-0.15, -0.1) is 0 Å². The third-order valence-electron chi connectivity index (χ3n) is 6.43. The lowest BCUT2D eigenvalue weighted by Crippen LogP contribution is -2.45. The van der Waals surface area contributed by atoms with Gasteiger partial charge in [0, 0.05) is 43.4 Å². The number of amides is 1. The van der Waals surface area contributed by atoms with Crippen LogP contribution in [0, 0.1) is 5.41 Å². The molecule has 4 rings (SSSR count). The zero-order valence-electron chi connectivity index (χ0n) is 19.0. The number of hydrogen-bond donors (Lipinski definition) is 2. The van der Waals surface area contributed by atoms with E-state index in [2.05, 4.69) is 21.3 Å². The van der Waals surface area contributed by atoms with E-state index < -0.39 is 11.5 Å². The molecule has 0 unspecified atom stereocenters. The molecule has 7 heteroatoms. The predicted molar refractivity (Wildman–Crippen MR) is 122 cm³/mol. The highest BCUT2D eigenvalue weighted by Crippen LogP contribution is 2.33. The van der Waals surface area contributed by atoms with Gasteiger partial charge in [-0.2, -0.15) is 0 Å². The maximum atomic E-state index is 12.8. The third kappa shape index (κ3) is 4.93. The Bertz CT molecular complexity index is 1080. The van der Waals surface area contributed by atoms with Gasteiger partial charge in [-0.25, -0.2) is 0 Å². The minimum atomic E-state index is -0.429. The van der Waals surface area contributed by atoms with E-state index in [1.807, 2.05) is 32.0 Å². The number of Topliss-reactive ketones (excluding diaryl/α,β-unsaturated/α-hetero) is 1. The number of rotatable bonds is 5. The number of methoxy groups -OCH3 is 1. The highest BCUT2D eigenvalue weighted by Gasteiger charge is 2.33. The van der Waals surface area contributed by atoms with Gasteiger partial charge in [0.1, 0.15) is 11.3 Å². The van der Waals surface area contributed by atoms with Gasteiger partial charge in [-0.3, -0.25) is 19.3 Å². The second-order valence-corrected chi connectivity index (χ2v) is 9.72. The van der Waals surface area contributed by atoms with Gasteiger partial charge in [-0.1, -0.05) is 26.0 Å². The Morgan fingerprint density at radius 1 is 1.19 bits per heavy atom. The minimum absolute atomic E-state index is 0.00845. The van der Waals surface area contributed by atoms with E-state index in [4.69, 9.17) is 4.74 Å². The summed E-state index contributed by atoms with van der Waals surface area (Å²) in [6.07, 6.45) is 2.66. The van der Waals surface area contributed by atoms with Crippen molar-refractivity contribution in [1.29, 1.82) is 0 Å². The Kier molecular flexibility index (Phi) is 6.20. The van der Waals surface area contributed by atoms with Gasteiger partial charge in [0.15, 0.2) is 5.78 Å². The summed E-state index contributed by atoms with van der Waals surface area (Å²) in [4.78, 5) is 43.1. The minimum Gasteiger partial charge on any atom is -0.497 e. The van der Waals surface area contributed by atoms with Crippen LogP contribution in [0.2, 0.25) is 0 Å². The fourth-order valence-electron chi connectivity index (χ4n) is 4.72. The second kappa shape index (κ2) is 8.90. The molecule has 7 nitrogen and oxygen atoms in total. The average molecular weight is 438 g/mol. The number of ketones is 1. The van der Waals surface area contributed by atoms with Crippen LogP contribution in [0.15, 0.2) is 35.1 Å². The number of ether oxygens (including phenoxy) is 1. The summed E-state index contributed by atoms with van der Waals surface area (Å²) >= 11 is 0. The van der Waals surface area contributed by atoms with Gasteiger partial charge in [0.2, 0.25) is 0 Å². The summed E-state index contributed by atoms with van der Waals surface area (Å²) in [5, 5.41) is 3.00. The van der Waals surface area contributed by atoms with E-state index in [9.17, 15) is 14.4 Å². The molecule has 0 atom stereocenters. The maximum Gasteiger partial charge on any atom is 0.261 e. The SMILES string of the molecule is COc1cccc(CN2CCC(NC(=O)c3cc4c([nH]c3=O)CC(C)(C)CC4=O)CC2)c1. The van der Waals surface area contributed by atoms with Crippen molar-refractivity contribution >= 4 is 11.7 Å². The molecule has 1 fully saturated rings. The molecular weight excluding hydrogens is 406 g/mol. The summed E-state index contributed by atoms with van der Waals surface area (Å²) in [5.74, 6) is 0.423. The molecular formula is C25H31N3O4. The van der Waals surface area contributed by atoms with E-state index in [0.29, 0.717) is 24.1 Å². The van der Waals surface area contributed by atoms with Crippen molar-refractivity contribution in [2.75, 3.05) is 20.2 Å². The van der Waals surface area contributed by atoms with Crippen LogP contribution in [0.4, 0.5) is 0 Å². The zero-order valence-corrected chi connectivity index (χ0v) is 19.0. The van der Waals surface area contributed by atoms with Crippen molar-refractivity contribution in [2.24, 2.45) is 5.41 Å². The van der Waals surface area contributed by atoms with Crippen LogP contribution in [0.25, 0.3) is 0 Å². The molecule has 1 aliphatic carbocycles. The zero-order chi connectivity index (χ0) is 22.9. The normalized spacial score (nSPS) is 18.8. The highest BCUT2D eigenvalue weighted by molar-refractivity contribution is 6.02. The average Bonchev–Trinajstić information content (AvgIpc) is 2.74. The molecule has 0 bridgehead atoms. The first-order valence-corrected chi connectivity index (χ1v) is 11.2. The van der Waals surface area contributed by atoms with Crippen molar-refractivity contribution in [3.8, 4) is 5.75 Å². The predicted octanol–water partition coefficient (Wildman–Crippen LogP) is 2.93. The Morgan fingerprint density at radius 2 is 1.94 bits per heavy atom. The smallest absolute Gasteiger partial charge is 0.261 e. The largest absolute Gasteiger partial charge is 0.497 e. The summed E-state index contributed by atoms with van der Waals surface area (Å²) in [6, 6.07) is 9.54. The molecule has 0 spiro atoms. The van der Waals surface area contributed by atoms with Crippen molar-refractivity contribution in [3.05, 3.63) is 63.1 Å². The van der Waals surface area contributed by atoms with Gasteiger partial charge < -0.3 is 15.0 Å². The highest BCUT2D eigenvalue weighted by atomic mass is 16.5. The topological polar surface area (TPSA) is 91.5 Å². The number of H-pyrrole nitrogens is 1. The van der Waals surface area contributed by atoms with Crippen LogP contribution >= 0.6 is 0 Å². The number of aromatic nitrogens is 1. The molecule has 2 aliphatic rings. The quantitative estimate of drug-likeness (QED) is 0.751. The monoisotopic (exact) mass is 437 g/mol. The first kappa shape index (κ1) is 22.3. The Morgan fingerprint density at radius 3 is 2.66 bits per heavy atom. The van der Waals surface area contributed by atoms with E-state index in [1.165, 1.54) is 11.6 Å². The molecule has 2 aromatic rings. The number of benzene rings is 1. The van der Waals surface area contributed by atoms with E-state index in [1.54, 1.807) is 7.11 Å². The number of carbonyl (C=O) groups is 2. The molecule has 2 heterocycles. The van der Waals surface area contributed by atoms with Crippen LogP contribution in [0.1, 0.15) is 65.1 Å². The fourth-order valence-corrected chi connectivity index (χ4v) is 4.72. The first-order valence-electron chi connectivity index (χ1n) is 11.2. The van der Waals surface area contributed by atoms with Crippen LogP contribution in [-0.4, -0.2) is 47.8 Å². The Hall–Kier alpha value is -2.93. The van der Waals surface area contributed by atoms with Gasteiger partial charge >= 0.3 is 0 Å². The van der Waals surface area contributed by atoms with Crippen LogP contribution < -0.4 is 15.6 Å². The van der Waals surface area contributed by atoms with Crippen LogP contribution in [0.5, 0.6) is 5.75 Å². The molecule has 170 valence electrons. The number of hydrogen-bond acceptors (Lipinski definition) is 5. The lowest BCUT2D eigenvalue weighted by atomic mass is 9.75. The van der Waals surface area contributed by atoms with Crippen LogP contribution in [0.3, 0.4) is 0 Å². The van der Waals surface area contributed by atoms with E-state index >= 15 is 0 Å². The van der Waals surface area contributed by atoms with Crippen molar-refractivity contribution in [3.63, 3.8) is 0 Å². The van der Waals surface area contributed by atoms with Gasteiger partial charge in [0.05, 0.1) is 7.11 Å². The number of nitrogens with zero attached hydrogens (tertiary/aromatic N) is 1. The summed E-state index contributed by atoms with van der Waals surface area (Å²) in [7, 11) is 1.66. The van der Waals surface area contributed by atoms with Crippen molar-refractivity contribution in [2.45, 2.75) is 52.1 Å². The van der Waals surface area contributed by atoms with Crippen LogP contribution in [-0.2, 0) is 13.0 Å². The number of pyridine rings is 1. The maximum absolute atomic E-state index is 12.8. The summed E-state index contributed by atoms with van der Waals surface area (Å²) in [5.41, 5.74) is 1.72. The molecule has 1 aliphatic heterocycles. The van der Waals surface area contributed by atoms with Gasteiger partial charge in [-0.05, 0) is 48.4 Å². The lowest BCUT2D eigenvalue weighted by molar-refractivity contribution is 0.0906. The molecule has 0 saturated carbocycles. The number of piperidine rings is 1. The number of fused-ring (bicyclic) bond motifs is 1. The van der Waals surface area contributed by atoms with Gasteiger partial charge in [0.25, 0.3) is 11.5 Å². The lowest BCUT2D eigenvalue weighted by Gasteiger charge is -2.32. The van der Waals surface area contributed by atoms with E-state index in [-0.39, 0.29) is 22.8 Å². The molecule has 2 N–H and O–H groups in total. The number of likely N-dealkylation sites (tertiary alicyclic amines) is 1. The number of aromatic amines is 1. The molecule has 1 aromatic heterocycles. The summed E-state index contributed by atoms with van der Waals surface area (Å²) in [6.45, 7) is 6.56. The van der Waals surface area contributed by atoms with Crippen molar-refractivity contribution < 1.29 is 14.3 Å². The number of carbonyl (C=O) groups excluding carboxylic acids is 2. The molecule has 1 saturated heterocycles. The molecule has 0 radical (unpaired) electrons. The fraction of sp³-hybridized carbons (Fsp3) is 0.480. The van der Waals surface area contributed by atoms with Crippen molar-refractivity contribution in [1.82, 2.24) is 15.2 Å². The second-order valence-electron chi connectivity index (χ2n) is 9.72. The Labute approximate surface area is 188 Å². The Balaban J connectivity index is 1.37. The first-order chi connectivity index (χ1) is 15.2. The number of nitrogens with one attached hydrogen (secondary N) is 2. The summed E-state index contributed by atoms with van der Waals surface area (Å²) < 4.78 is 5.29. The molecule has 1 amide bonds. The van der Waals surface area contributed by atoms with E-state index in [0.717, 1.165) is 38.2 Å². The standard InChI is InChI=1S/C25H31N3O4/c1-25(2)13-21-19(22(29)14-25)12-20(24(31)27-21)23(30)26-17-7-9-28(10-8-17)15-16-5-4-6-18(11-16)32-3/h4-6,11-12,17H,7-10,13-15H2,1-3H3,(H,26,30)(H,27,31). The third-order valence-corrected chi connectivity index (χ3v) is 6.43. The molecule has 1 aromatic carbocycles. The molecule has 32 heavy (non-hydrogen) atoms.